The van der Waals surface area contributed by atoms with E-state index in [0.717, 1.165) is 13.1 Å². The van der Waals surface area contributed by atoms with Gasteiger partial charge >= 0.3 is 0 Å². The molecule has 27 heavy (non-hydrogen) atoms. The lowest BCUT2D eigenvalue weighted by Gasteiger charge is -2.30. The highest BCUT2D eigenvalue weighted by Gasteiger charge is 2.40. The van der Waals surface area contributed by atoms with Crippen molar-refractivity contribution in [2.45, 2.75) is 52.7 Å². The molecule has 3 N–H and O–H groups in total. The molecule has 2 atom stereocenters. The van der Waals surface area contributed by atoms with Gasteiger partial charge in [-0.1, -0.05) is 43.7 Å². The summed E-state index contributed by atoms with van der Waals surface area (Å²) in [4.78, 5) is 28.8. The minimum atomic E-state index is -0.410. The number of benzene rings is 1. The SMILES string of the molecule is CC(=O)N1CC(N(Cc2ccc(C)cc2)CC(C)C)CC1C(=O)NCCN. The molecule has 6 heteroatoms. The Morgan fingerprint density at radius 1 is 1.30 bits per heavy atom. The first-order valence-corrected chi connectivity index (χ1v) is 9.86. The molecule has 0 aromatic heterocycles. The molecule has 6 nitrogen and oxygen atoms in total. The number of nitrogens with two attached hydrogens (primary N) is 1. The van der Waals surface area contributed by atoms with Crippen molar-refractivity contribution in [3.63, 3.8) is 0 Å². The van der Waals surface area contributed by atoms with Gasteiger partial charge in [-0.15, -0.1) is 0 Å². The Morgan fingerprint density at radius 2 is 1.96 bits per heavy atom. The monoisotopic (exact) mass is 374 g/mol. The third-order valence-electron chi connectivity index (χ3n) is 5.05. The molecule has 0 bridgehead atoms. The van der Waals surface area contributed by atoms with Crippen molar-refractivity contribution in [3.05, 3.63) is 35.4 Å². The van der Waals surface area contributed by atoms with Crippen LogP contribution in [0.25, 0.3) is 0 Å². The second-order valence-corrected chi connectivity index (χ2v) is 7.97. The Kier molecular flexibility index (Phi) is 7.80. The van der Waals surface area contributed by atoms with E-state index < -0.39 is 6.04 Å². The van der Waals surface area contributed by atoms with Gasteiger partial charge in [0.05, 0.1) is 0 Å². The zero-order valence-corrected chi connectivity index (χ0v) is 17.1. The fourth-order valence-electron chi connectivity index (χ4n) is 3.73. The van der Waals surface area contributed by atoms with Gasteiger partial charge in [-0.05, 0) is 24.8 Å². The van der Waals surface area contributed by atoms with E-state index in [2.05, 4.69) is 55.3 Å². The lowest BCUT2D eigenvalue weighted by molar-refractivity contribution is -0.136. The molecule has 1 saturated heterocycles. The maximum absolute atomic E-state index is 12.5. The number of rotatable bonds is 8. The van der Waals surface area contributed by atoms with Crippen LogP contribution < -0.4 is 11.1 Å². The number of aryl methyl sites for hydroxylation is 1. The van der Waals surface area contributed by atoms with Gasteiger partial charge in [-0.3, -0.25) is 14.5 Å². The Bertz CT molecular complexity index is 630. The van der Waals surface area contributed by atoms with Crippen LogP contribution in [0.5, 0.6) is 0 Å². The number of carbonyl (C=O) groups excluding carboxylic acids is 2. The number of likely N-dealkylation sites (tertiary alicyclic amines) is 1. The van der Waals surface area contributed by atoms with Gasteiger partial charge < -0.3 is 16.0 Å². The van der Waals surface area contributed by atoms with E-state index in [4.69, 9.17) is 5.73 Å². The van der Waals surface area contributed by atoms with Crippen LogP contribution in [-0.2, 0) is 16.1 Å². The molecule has 0 radical (unpaired) electrons. The van der Waals surface area contributed by atoms with E-state index in [1.807, 2.05) is 0 Å². The number of hydrogen-bond donors (Lipinski definition) is 2. The highest BCUT2D eigenvalue weighted by Crippen LogP contribution is 2.25. The number of amides is 2. The minimum Gasteiger partial charge on any atom is -0.353 e. The standard InChI is InChI=1S/C21H34N4O2/c1-15(2)12-24(13-18-7-5-16(3)6-8-18)19-11-20(21(27)23-10-9-22)25(14-19)17(4)26/h5-8,15,19-20H,9-14,22H2,1-4H3,(H,23,27). The van der Waals surface area contributed by atoms with Gasteiger partial charge in [0.25, 0.3) is 0 Å². The number of nitrogens with zero attached hydrogens (tertiary/aromatic N) is 2. The molecule has 1 fully saturated rings. The molecule has 2 rings (SSSR count). The first-order valence-electron chi connectivity index (χ1n) is 9.86. The number of carbonyl (C=O) groups is 2. The van der Waals surface area contributed by atoms with Crippen molar-refractivity contribution in [2.24, 2.45) is 11.7 Å². The van der Waals surface area contributed by atoms with E-state index >= 15 is 0 Å². The summed E-state index contributed by atoms with van der Waals surface area (Å²) in [6, 6.07) is 8.33. The molecule has 0 aliphatic carbocycles. The lowest BCUT2D eigenvalue weighted by Crippen LogP contribution is -2.46. The maximum Gasteiger partial charge on any atom is 0.242 e. The van der Waals surface area contributed by atoms with E-state index in [1.54, 1.807) is 11.8 Å². The van der Waals surface area contributed by atoms with E-state index in [0.29, 0.717) is 32.0 Å². The van der Waals surface area contributed by atoms with Crippen molar-refractivity contribution in [2.75, 3.05) is 26.2 Å². The van der Waals surface area contributed by atoms with Crippen molar-refractivity contribution in [1.82, 2.24) is 15.1 Å². The van der Waals surface area contributed by atoms with Crippen LogP contribution in [0.15, 0.2) is 24.3 Å². The summed E-state index contributed by atoms with van der Waals surface area (Å²) in [5, 5.41) is 2.84. The molecule has 1 aliphatic heterocycles. The third kappa shape index (κ3) is 6.04. The molecule has 2 unspecified atom stereocenters. The predicted molar refractivity (Wildman–Crippen MR) is 108 cm³/mol. The van der Waals surface area contributed by atoms with Gasteiger partial charge in [-0.2, -0.15) is 0 Å². The molecular formula is C21H34N4O2. The third-order valence-corrected chi connectivity index (χ3v) is 5.05. The Labute approximate surface area is 163 Å². The molecule has 0 saturated carbocycles. The Hall–Kier alpha value is -1.92. The summed E-state index contributed by atoms with van der Waals surface area (Å²) in [5.74, 6) is 0.356. The van der Waals surface area contributed by atoms with E-state index in [1.165, 1.54) is 11.1 Å². The molecule has 0 spiro atoms. The number of hydrogen-bond acceptors (Lipinski definition) is 4. The summed E-state index contributed by atoms with van der Waals surface area (Å²) in [6.07, 6.45) is 0.661. The summed E-state index contributed by atoms with van der Waals surface area (Å²) in [6.45, 7) is 11.2. The quantitative estimate of drug-likeness (QED) is 0.723. The summed E-state index contributed by atoms with van der Waals surface area (Å²) in [5.41, 5.74) is 7.99. The average molecular weight is 375 g/mol. The smallest absolute Gasteiger partial charge is 0.242 e. The average Bonchev–Trinajstić information content (AvgIpc) is 3.06. The minimum absolute atomic E-state index is 0.0507. The summed E-state index contributed by atoms with van der Waals surface area (Å²) < 4.78 is 0. The highest BCUT2D eigenvalue weighted by atomic mass is 16.2. The highest BCUT2D eigenvalue weighted by molar-refractivity contribution is 5.87. The molecule has 1 aromatic rings. The van der Waals surface area contributed by atoms with Crippen LogP contribution in [-0.4, -0.2) is 59.9 Å². The van der Waals surface area contributed by atoms with Crippen LogP contribution in [0.3, 0.4) is 0 Å². The Morgan fingerprint density at radius 3 is 2.52 bits per heavy atom. The normalized spacial score (nSPS) is 19.7. The van der Waals surface area contributed by atoms with Crippen LogP contribution in [0.1, 0.15) is 38.3 Å². The van der Waals surface area contributed by atoms with Crippen molar-refractivity contribution < 1.29 is 9.59 Å². The lowest BCUT2D eigenvalue weighted by atomic mass is 10.1. The largest absolute Gasteiger partial charge is 0.353 e. The predicted octanol–water partition coefficient (Wildman–Crippen LogP) is 1.52. The van der Waals surface area contributed by atoms with Gasteiger partial charge in [0.15, 0.2) is 0 Å². The van der Waals surface area contributed by atoms with E-state index in [9.17, 15) is 9.59 Å². The molecule has 150 valence electrons. The Balaban J connectivity index is 2.15. The topological polar surface area (TPSA) is 78.7 Å². The molecule has 2 amide bonds. The van der Waals surface area contributed by atoms with Crippen molar-refractivity contribution >= 4 is 11.8 Å². The second-order valence-electron chi connectivity index (χ2n) is 7.97. The van der Waals surface area contributed by atoms with Gasteiger partial charge in [0.1, 0.15) is 6.04 Å². The number of nitrogens with one attached hydrogen (secondary N) is 1. The van der Waals surface area contributed by atoms with Gasteiger partial charge in [-0.25, -0.2) is 0 Å². The van der Waals surface area contributed by atoms with Crippen LogP contribution in [0.4, 0.5) is 0 Å². The first kappa shape index (κ1) is 21.4. The van der Waals surface area contributed by atoms with Crippen LogP contribution in [0.2, 0.25) is 0 Å². The molecule has 1 heterocycles. The summed E-state index contributed by atoms with van der Waals surface area (Å²) in [7, 11) is 0. The molecule has 1 aromatic carbocycles. The fourth-order valence-corrected chi connectivity index (χ4v) is 3.73. The van der Waals surface area contributed by atoms with E-state index in [-0.39, 0.29) is 17.9 Å². The van der Waals surface area contributed by atoms with Crippen molar-refractivity contribution in [1.29, 1.82) is 0 Å². The zero-order chi connectivity index (χ0) is 20.0. The molecule has 1 aliphatic rings. The van der Waals surface area contributed by atoms with Crippen LogP contribution in [0, 0.1) is 12.8 Å². The maximum atomic E-state index is 12.5. The van der Waals surface area contributed by atoms with Gasteiger partial charge in [0.2, 0.25) is 11.8 Å². The van der Waals surface area contributed by atoms with Crippen LogP contribution >= 0.6 is 0 Å². The first-order chi connectivity index (χ1) is 12.8. The molecular weight excluding hydrogens is 340 g/mol. The van der Waals surface area contributed by atoms with Gasteiger partial charge in [0, 0.05) is 45.7 Å². The summed E-state index contributed by atoms with van der Waals surface area (Å²) >= 11 is 0. The van der Waals surface area contributed by atoms with Crippen molar-refractivity contribution in [3.8, 4) is 0 Å². The fraction of sp³-hybridized carbons (Fsp3) is 0.619. The zero-order valence-electron chi connectivity index (χ0n) is 17.1. The second kappa shape index (κ2) is 9.85.